The van der Waals surface area contributed by atoms with Crippen molar-refractivity contribution in [2.45, 2.75) is 39.5 Å². The molecule has 0 spiro atoms. The maximum atomic E-state index is 10.3. The molecule has 0 aliphatic rings. The van der Waals surface area contributed by atoms with Gasteiger partial charge < -0.3 is 5.73 Å². The quantitative estimate of drug-likeness (QED) is 0.486. The highest BCUT2D eigenvalue weighted by molar-refractivity contribution is 5.40. The second kappa shape index (κ2) is 8.17. The minimum Gasteiger partial charge on any atom is -0.399 e. The monoisotopic (exact) mass is 300 g/mol. The average Bonchev–Trinajstić information content (AvgIpc) is 2.48. The first-order valence-electron chi connectivity index (χ1n) is 7.41. The lowest BCUT2D eigenvalue weighted by Crippen LogP contribution is -1.90. The van der Waals surface area contributed by atoms with Crippen LogP contribution in [0.25, 0.3) is 0 Å². The van der Waals surface area contributed by atoms with E-state index in [1.54, 1.807) is 12.1 Å². The van der Waals surface area contributed by atoms with Gasteiger partial charge in [0.25, 0.3) is 5.69 Å². The zero-order valence-corrected chi connectivity index (χ0v) is 13.6. The zero-order chi connectivity index (χ0) is 16.7. The molecule has 0 bridgehead atoms. The molecule has 2 aromatic rings. The van der Waals surface area contributed by atoms with E-state index in [2.05, 4.69) is 39.8 Å². The van der Waals surface area contributed by atoms with E-state index in [0.29, 0.717) is 11.8 Å². The number of rotatable bonds is 3. The topological polar surface area (TPSA) is 69.2 Å². The van der Waals surface area contributed by atoms with E-state index in [0.717, 1.165) is 11.3 Å². The lowest BCUT2D eigenvalue weighted by Gasteiger charge is -2.03. The Morgan fingerprint density at radius 1 is 0.818 bits per heavy atom. The van der Waals surface area contributed by atoms with Crippen LogP contribution in [0.1, 0.15) is 50.7 Å². The summed E-state index contributed by atoms with van der Waals surface area (Å²) in [4.78, 5) is 9.90. The van der Waals surface area contributed by atoms with Crippen LogP contribution >= 0.6 is 0 Å². The van der Waals surface area contributed by atoms with E-state index in [4.69, 9.17) is 5.73 Å². The fourth-order valence-corrected chi connectivity index (χ4v) is 1.86. The number of nitrogens with two attached hydrogens (primary N) is 1. The number of nitro groups is 1. The maximum Gasteiger partial charge on any atom is 0.269 e. The van der Waals surface area contributed by atoms with Gasteiger partial charge in [0, 0.05) is 17.8 Å². The Kier molecular flexibility index (Phi) is 6.57. The Morgan fingerprint density at radius 2 is 1.18 bits per heavy atom. The van der Waals surface area contributed by atoms with Crippen LogP contribution in [-0.2, 0) is 0 Å². The molecule has 0 aromatic heterocycles. The third-order valence-corrected chi connectivity index (χ3v) is 3.37. The Bertz CT molecular complexity index is 587. The molecule has 4 heteroatoms. The number of nitro benzene ring substituents is 1. The fourth-order valence-electron chi connectivity index (χ4n) is 1.86. The number of anilines is 1. The summed E-state index contributed by atoms with van der Waals surface area (Å²) < 4.78 is 0. The molecule has 118 valence electrons. The zero-order valence-electron chi connectivity index (χ0n) is 13.6. The van der Waals surface area contributed by atoms with Gasteiger partial charge >= 0.3 is 0 Å². The van der Waals surface area contributed by atoms with Gasteiger partial charge in [-0.05, 0) is 35.1 Å². The van der Waals surface area contributed by atoms with Crippen LogP contribution in [0.3, 0.4) is 0 Å². The largest absolute Gasteiger partial charge is 0.399 e. The predicted molar refractivity (Wildman–Crippen MR) is 92.1 cm³/mol. The third kappa shape index (κ3) is 5.56. The summed E-state index contributed by atoms with van der Waals surface area (Å²) in [7, 11) is 0. The summed E-state index contributed by atoms with van der Waals surface area (Å²) >= 11 is 0. The Labute approximate surface area is 132 Å². The summed E-state index contributed by atoms with van der Waals surface area (Å²) in [5, 5.41) is 10.3. The minimum atomic E-state index is -0.385. The van der Waals surface area contributed by atoms with Crippen molar-refractivity contribution in [3.63, 3.8) is 0 Å². The molecule has 2 rings (SSSR count). The molecule has 0 atom stereocenters. The van der Waals surface area contributed by atoms with Crippen LogP contribution in [0.4, 0.5) is 11.4 Å². The SMILES string of the molecule is CC(C)c1ccc(N)cc1.CC(C)c1ccc([N+](=O)[O-])cc1. The molecule has 0 saturated carbocycles. The maximum absolute atomic E-state index is 10.3. The van der Waals surface area contributed by atoms with Crippen LogP contribution in [0, 0.1) is 10.1 Å². The molecule has 0 saturated heterocycles. The standard InChI is InChI=1S/C9H11NO2.C9H13N/c1-7(2)8-3-5-9(6-4-8)10(11)12;1-7(2)8-3-5-9(10)6-4-8/h3-7H,1-2H3;3-7H,10H2,1-2H3. The van der Waals surface area contributed by atoms with E-state index < -0.39 is 0 Å². The van der Waals surface area contributed by atoms with Gasteiger partial charge in [-0.1, -0.05) is 52.0 Å². The molecular weight excluding hydrogens is 276 g/mol. The Balaban J connectivity index is 0.000000224. The van der Waals surface area contributed by atoms with Crippen LogP contribution in [0.2, 0.25) is 0 Å². The van der Waals surface area contributed by atoms with E-state index >= 15 is 0 Å². The Hall–Kier alpha value is -2.36. The smallest absolute Gasteiger partial charge is 0.269 e. The molecule has 0 unspecified atom stereocenters. The van der Waals surface area contributed by atoms with Crippen molar-refractivity contribution in [2.24, 2.45) is 0 Å². The third-order valence-electron chi connectivity index (χ3n) is 3.37. The first kappa shape index (κ1) is 17.7. The van der Waals surface area contributed by atoms with Crippen molar-refractivity contribution >= 4 is 11.4 Å². The van der Waals surface area contributed by atoms with Crippen molar-refractivity contribution in [2.75, 3.05) is 5.73 Å². The number of hydrogen-bond donors (Lipinski definition) is 1. The van der Waals surface area contributed by atoms with E-state index in [9.17, 15) is 10.1 Å². The van der Waals surface area contributed by atoms with Gasteiger partial charge in [0.1, 0.15) is 0 Å². The van der Waals surface area contributed by atoms with Gasteiger partial charge in [-0.15, -0.1) is 0 Å². The highest BCUT2D eigenvalue weighted by atomic mass is 16.6. The van der Waals surface area contributed by atoms with Crippen molar-refractivity contribution in [3.05, 3.63) is 69.8 Å². The molecule has 2 N–H and O–H groups in total. The summed E-state index contributed by atoms with van der Waals surface area (Å²) in [6.07, 6.45) is 0. The molecule has 0 radical (unpaired) electrons. The molecule has 22 heavy (non-hydrogen) atoms. The second-order valence-corrected chi connectivity index (χ2v) is 5.82. The normalized spacial score (nSPS) is 10.3. The molecule has 4 nitrogen and oxygen atoms in total. The van der Waals surface area contributed by atoms with Crippen molar-refractivity contribution in [1.29, 1.82) is 0 Å². The van der Waals surface area contributed by atoms with Crippen LogP contribution in [0.5, 0.6) is 0 Å². The van der Waals surface area contributed by atoms with Gasteiger partial charge in [-0.2, -0.15) is 0 Å². The molecular formula is C18H24N2O2. The number of nitrogens with zero attached hydrogens (tertiary/aromatic N) is 1. The second-order valence-electron chi connectivity index (χ2n) is 5.82. The van der Waals surface area contributed by atoms with Crippen LogP contribution < -0.4 is 5.73 Å². The van der Waals surface area contributed by atoms with Crippen molar-refractivity contribution in [1.82, 2.24) is 0 Å². The molecule has 2 aromatic carbocycles. The predicted octanol–water partition coefficient (Wildman–Crippen LogP) is 5.11. The molecule has 0 aliphatic heterocycles. The van der Waals surface area contributed by atoms with Crippen LogP contribution in [-0.4, -0.2) is 4.92 Å². The van der Waals surface area contributed by atoms with Gasteiger partial charge in [0.2, 0.25) is 0 Å². The van der Waals surface area contributed by atoms with E-state index in [1.807, 2.05) is 12.1 Å². The number of hydrogen-bond acceptors (Lipinski definition) is 3. The first-order valence-corrected chi connectivity index (χ1v) is 7.41. The lowest BCUT2D eigenvalue weighted by atomic mass is 10.0. The van der Waals surface area contributed by atoms with Gasteiger partial charge in [0.15, 0.2) is 0 Å². The number of non-ortho nitro benzene ring substituents is 1. The highest BCUT2D eigenvalue weighted by Gasteiger charge is 2.04. The molecule has 0 aliphatic carbocycles. The van der Waals surface area contributed by atoms with E-state index in [1.165, 1.54) is 17.7 Å². The molecule has 0 fully saturated rings. The molecule has 0 amide bonds. The molecule has 0 heterocycles. The fraction of sp³-hybridized carbons (Fsp3) is 0.333. The highest BCUT2D eigenvalue weighted by Crippen LogP contribution is 2.18. The van der Waals surface area contributed by atoms with Crippen molar-refractivity contribution < 1.29 is 4.92 Å². The van der Waals surface area contributed by atoms with Crippen LogP contribution in [0.15, 0.2) is 48.5 Å². The van der Waals surface area contributed by atoms with Gasteiger partial charge in [-0.3, -0.25) is 10.1 Å². The number of nitrogen functional groups attached to an aromatic ring is 1. The van der Waals surface area contributed by atoms with Gasteiger partial charge in [0.05, 0.1) is 4.92 Å². The lowest BCUT2D eigenvalue weighted by molar-refractivity contribution is -0.384. The van der Waals surface area contributed by atoms with Crippen molar-refractivity contribution in [3.8, 4) is 0 Å². The first-order chi connectivity index (χ1) is 10.3. The summed E-state index contributed by atoms with van der Waals surface area (Å²) in [5.74, 6) is 1.02. The Morgan fingerprint density at radius 3 is 1.50 bits per heavy atom. The summed E-state index contributed by atoms with van der Waals surface area (Å²) in [5.41, 5.74) is 8.98. The number of benzene rings is 2. The minimum absolute atomic E-state index is 0.152. The summed E-state index contributed by atoms with van der Waals surface area (Å²) in [6, 6.07) is 14.7. The average molecular weight is 300 g/mol. The van der Waals surface area contributed by atoms with E-state index in [-0.39, 0.29) is 10.6 Å². The van der Waals surface area contributed by atoms with Gasteiger partial charge in [-0.25, -0.2) is 0 Å². The summed E-state index contributed by atoms with van der Waals surface area (Å²) in [6.45, 7) is 8.46.